The normalized spacial score (nSPS) is 26.5. The van der Waals surface area contributed by atoms with Crippen LogP contribution in [-0.2, 0) is 9.67 Å². The summed E-state index contributed by atoms with van der Waals surface area (Å²) < 4.78 is 0. The Morgan fingerprint density at radius 2 is 1.94 bits per heavy atom. The number of rotatable bonds is 4. The summed E-state index contributed by atoms with van der Waals surface area (Å²) in [4.78, 5) is 31.5. The number of anilines is 1. The largest absolute Gasteiger partial charge is 0.398 e. The van der Waals surface area contributed by atoms with E-state index in [1.54, 1.807) is 12.3 Å². The first kappa shape index (κ1) is 22.6. The van der Waals surface area contributed by atoms with Crippen LogP contribution >= 0.6 is 11.8 Å². The van der Waals surface area contributed by atoms with Gasteiger partial charge in [0.1, 0.15) is 0 Å². The number of pyridine rings is 1. The maximum atomic E-state index is 13.1. The number of amides is 3. The molecule has 0 spiro atoms. The van der Waals surface area contributed by atoms with Crippen LogP contribution in [0.3, 0.4) is 0 Å². The van der Waals surface area contributed by atoms with Gasteiger partial charge in [0, 0.05) is 53.3 Å². The first-order chi connectivity index (χ1) is 16.5. The number of nitrogens with one attached hydrogen (secondary N) is 2. The number of hydrogen-bond acceptors (Lipinski definition) is 6. The van der Waals surface area contributed by atoms with E-state index >= 15 is 0 Å². The van der Waals surface area contributed by atoms with Crippen LogP contribution in [0.5, 0.6) is 0 Å². The van der Waals surface area contributed by atoms with E-state index in [0.29, 0.717) is 36.7 Å². The Kier molecular flexibility index (Phi) is 6.12. The fraction of sp³-hybridized carbons (Fsp3) is 0.400. The summed E-state index contributed by atoms with van der Waals surface area (Å²) in [6.07, 6.45) is 8.41. The Morgan fingerprint density at radius 1 is 1.15 bits per heavy atom. The molecule has 9 heteroatoms. The molecular weight excluding hydrogens is 448 g/mol. The number of primary amides is 1. The summed E-state index contributed by atoms with van der Waals surface area (Å²) in [5.41, 5.74) is 15.5. The van der Waals surface area contributed by atoms with Crippen molar-refractivity contribution in [3.63, 3.8) is 0 Å². The summed E-state index contributed by atoms with van der Waals surface area (Å²) >= 11 is 1.37. The highest BCUT2D eigenvalue weighted by Crippen LogP contribution is 2.49. The van der Waals surface area contributed by atoms with E-state index < -0.39 is 10.8 Å². The Bertz CT molecular complexity index is 1120. The third kappa shape index (κ3) is 4.20. The summed E-state index contributed by atoms with van der Waals surface area (Å²) in [5, 5.41) is 6.58. The van der Waals surface area contributed by atoms with Gasteiger partial charge in [-0.2, -0.15) is 0 Å². The molecule has 0 radical (unpaired) electrons. The Hall–Kier alpha value is -3.20. The van der Waals surface area contributed by atoms with Crippen molar-refractivity contribution in [3.05, 3.63) is 70.5 Å². The fourth-order valence-corrected chi connectivity index (χ4v) is 6.63. The molecule has 1 fully saturated rings. The third-order valence-electron chi connectivity index (χ3n) is 7.09. The lowest BCUT2D eigenvalue weighted by molar-refractivity contribution is -0.121. The van der Waals surface area contributed by atoms with Crippen molar-refractivity contribution in [2.24, 2.45) is 5.73 Å². The van der Waals surface area contributed by atoms with Crippen molar-refractivity contribution >= 4 is 29.4 Å². The molecule has 178 valence electrons. The molecular formula is C25H30N6O2S. The first-order valence-corrected chi connectivity index (χ1v) is 12.6. The molecule has 2 aliphatic heterocycles. The second-order valence-corrected chi connectivity index (χ2v) is 10.5. The Morgan fingerprint density at radius 3 is 2.65 bits per heavy atom. The van der Waals surface area contributed by atoms with Gasteiger partial charge in [-0.25, -0.2) is 4.79 Å². The molecule has 1 aromatic heterocycles. The van der Waals surface area contributed by atoms with Crippen LogP contribution in [0.4, 0.5) is 10.5 Å². The summed E-state index contributed by atoms with van der Waals surface area (Å²) in [6.45, 7) is 1.04. The molecule has 0 saturated heterocycles. The van der Waals surface area contributed by atoms with Gasteiger partial charge in [0.05, 0.1) is 6.54 Å². The second kappa shape index (κ2) is 9.21. The molecule has 2 aromatic rings. The van der Waals surface area contributed by atoms with E-state index in [4.69, 9.17) is 11.5 Å². The van der Waals surface area contributed by atoms with E-state index in [-0.39, 0.29) is 12.1 Å². The van der Waals surface area contributed by atoms with Gasteiger partial charge in [-0.05, 0) is 49.3 Å². The molecule has 5 rings (SSSR count). The van der Waals surface area contributed by atoms with Crippen LogP contribution in [-0.4, -0.2) is 41.0 Å². The minimum Gasteiger partial charge on any atom is -0.398 e. The van der Waals surface area contributed by atoms with Crippen molar-refractivity contribution < 1.29 is 9.59 Å². The van der Waals surface area contributed by atoms with Crippen molar-refractivity contribution in [2.45, 2.75) is 48.9 Å². The molecule has 3 aliphatic rings. The first-order valence-electron chi connectivity index (χ1n) is 11.8. The number of urea groups is 1. The number of thioether (sulfide) groups is 1. The molecule has 34 heavy (non-hydrogen) atoms. The lowest BCUT2D eigenvalue weighted by Gasteiger charge is -2.33. The molecule has 1 aliphatic carbocycles. The van der Waals surface area contributed by atoms with E-state index in [1.807, 2.05) is 35.4 Å². The van der Waals surface area contributed by atoms with Crippen LogP contribution < -0.4 is 22.1 Å². The molecule has 3 amide bonds. The summed E-state index contributed by atoms with van der Waals surface area (Å²) in [5.74, 6) is 0.0176. The van der Waals surface area contributed by atoms with Gasteiger partial charge in [0.25, 0.3) is 5.91 Å². The van der Waals surface area contributed by atoms with Crippen molar-refractivity contribution in [2.75, 3.05) is 18.8 Å². The van der Waals surface area contributed by atoms with E-state index in [2.05, 4.69) is 21.7 Å². The van der Waals surface area contributed by atoms with E-state index in [1.165, 1.54) is 17.3 Å². The second-order valence-electron chi connectivity index (χ2n) is 9.22. The quantitative estimate of drug-likeness (QED) is 0.501. The average Bonchev–Trinajstić information content (AvgIpc) is 3.25. The number of para-hydroxylation sites is 1. The topological polar surface area (TPSA) is 126 Å². The van der Waals surface area contributed by atoms with Crippen molar-refractivity contribution in [3.8, 4) is 0 Å². The van der Waals surface area contributed by atoms with Crippen molar-refractivity contribution in [1.82, 2.24) is 20.5 Å². The van der Waals surface area contributed by atoms with Gasteiger partial charge < -0.3 is 27.0 Å². The molecule has 1 aromatic carbocycles. The summed E-state index contributed by atoms with van der Waals surface area (Å²) in [7, 11) is 0. The summed E-state index contributed by atoms with van der Waals surface area (Å²) in [6, 6.07) is 11.5. The zero-order valence-corrected chi connectivity index (χ0v) is 19.8. The Labute approximate surface area is 203 Å². The number of nitrogens with two attached hydrogens (primary N) is 2. The fourth-order valence-electron chi connectivity index (χ4n) is 5.20. The molecule has 1 saturated carbocycles. The molecule has 1 unspecified atom stereocenters. The molecule has 3 heterocycles. The standard InChI is InChI=1S/C25H30N6O2S/c26-20-6-2-1-5-19(20)25(23(27)32)30-21-11-13-31(15-22(21)34-25)24(33)29-18-9-7-16(8-10-18)17-4-3-12-28-14-17/h1-6,12,14,16,18,30H,7-11,13,15,26H2,(H2,27,32)(H,29,33). The Balaban J connectivity index is 1.20. The SMILES string of the molecule is NC(=O)C1(c2ccccc2N)NC2=C(CN(C(=O)NC3CCC(c4cccnc4)CC3)CC2)S1. The number of aromatic nitrogens is 1. The van der Waals surface area contributed by atoms with Gasteiger partial charge in [0.15, 0.2) is 4.87 Å². The highest BCUT2D eigenvalue weighted by Gasteiger charge is 2.48. The number of nitrogens with zero attached hydrogens (tertiary/aromatic N) is 2. The van der Waals surface area contributed by atoms with Crippen LogP contribution in [0.25, 0.3) is 0 Å². The van der Waals surface area contributed by atoms with Crippen LogP contribution in [0.15, 0.2) is 59.4 Å². The lowest BCUT2D eigenvalue weighted by atomic mass is 9.82. The molecule has 8 nitrogen and oxygen atoms in total. The average molecular weight is 479 g/mol. The van der Waals surface area contributed by atoms with E-state index in [0.717, 1.165) is 36.3 Å². The number of carbonyl (C=O) groups excluding carboxylic acids is 2. The molecule has 1 atom stereocenters. The van der Waals surface area contributed by atoms with Crippen LogP contribution in [0.2, 0.25) is 0 Å². The number of benzene rings is 1. The van der Waals surface area contributed by atoms with Crippen molar-refractivity contribution in [1.29, 1.82) is 0 Å². The van der Waals surface area contributed by atoms with Crippen LogP contribution in [0.1, 0.15) is 49.1 Å². The number of nitrogen functional groups attached to an aromatic ring is 1. The van der Waals surface area contributed by atoms with Gasteiger partial charge in [-0.1, -0.05) is 36.0 Å². The van der Waals surface area contributed by atoms with Gasteiger partial charge in [-0.15, -0.1) is 0 Å². The molecule has 6 N–H and O–H groups in total. The van der Waals surface area contributed by atoms with E-state index in [9.17, 15) is 9.59 Å². The zero-order valence-electron chi connectivity index (χ0n) is 19.0. The number of hydrogen-bond donors (Lipinski definition) is 4. The van der Waals surface area contributed by atoms with Crippen LogP contribution in [0, 0.1) is 0 Å². The predicted molar refractivity (Wildman–Crippen MR) is 133 cm³/mol. The smallest absolute Gasteiger partial charge is 0.317 e. The minimum atomic E-state index is -1.15. The lowest BCUT2D eigenvalue weighted by Crippen LogP contribution is -2.48. The third-order valence-corrected chi connectivity index (χ3v) is 8.54. The van der Waals surface area contributed by atoms with Gasteiger partial charge in [-0.3, -0.25) is 9.78 Å². The molecule has 0 bridgehead atoms. The number of carbonyl (C=O) groups is 2. The van der Waals surface area contributed by atoms with Gasteiger partial charge in [0.2, 0.25) is 0 Å². The highest BCUT2D eigenvalue weighted by molar-refractivity contribution is 8.05. The highest BCUT2D eigenvalue weighted by atomic mass is 32.2. The van der Waals surface area contributed by atoms with Gasteiger partial charge >= 0.3 is 6.03 Å². The maximum Gasteiger partial charge on any atom is 0.317 e. The predicted octanol–water partition coefficient (Wildman–Crippen LogP) is 2.99. The minimum absolute atomic E-state index is 0.0484. The monoisotopic (exact) mass is 478 g/mol. The zero-order chi connectivity index (χ0) is 23.7. The maximum absolute atomic E-state index is 13.1.